The van der Waals surface area contributed by atoms with Crippen molar-refractivity contribution >= 4 is 39.3 Å². The standard InChI is InChI=1S/C16H17N3O4S2/c1-24-13-4-2-3-12(9-13)19-16(21)15(20)18-10-11-5-7-14(8-6-11)25(17,22)23/h2-9H,10H2,1H3,(H,18,20)(H,19,21)(H2,17,22,23). The Morgan fingerprint density at radius 1 is 1.08 bits per heavy atom. The maximum atomic E-state index is 11.9. The molecule has 0 aliphatic heterocycles. The number of amides is 2. The molecule has 2 aromatic rings. The summed E-state index contributed by atoms with van der Waals surface area (Å²) in [5.41, 5.74) is 1.17. The van der Waals surface area contributed by atoms with Crippen molar-refractivity contribution in [2.75, 3.05) is 11.6 Å². The Hall–Kier alpha value is -2.36. The molecule has 9 heteroatoms. The summed E-state index contributed by atoms with van der Waals surface area (Å²) in [6.45, 7) is 0.0853. The SMILES string of the molecule is CSc1cccc(NC(=O)C(=O)NCc2ccc(S(N)(=O)=O)cc2)c1. The van der Waals surface area contributed by atoms with Gasteiger partial charge in [0, 0.05) is 17.1 Å². The van der Waals surface area contributed by atoms with Crippen LogP contribution in [0.25, 0.3) is 0 Å². The highest BCUT2D eigenvalue weighted by molar-refractivity contribution is 7.98. The summed E-state index contributed by atoms with van der Waals surface area (Å²) in [6.07, 6.45) is 1.91. The van der Waals surface area contributed by atoms with Crippen molar-refractivity contribution in [2.24, 2.45) is 5.14 Å². The fraction of sp³-hybridized carbons (Fsp3) is 0.125. The van der Waals surface area contributed by atoms with Crippen molar-refractivity contribution < 1.29 is 18.0 Å². The highest BCUT2D eigenvalue weighted by Gasteiger charge is 2.14. The Kier molecular flexibility index (Phi) is 6.18. The van der Waals surface area contributed by atoms with Gasteiger partial charge in [-0.15, -0.1) is 11.8 Å². The largest absolute Gasteiger partial charge is 0.344 e. The second-order valence-corrected chi connectivity index (χ2v) is 7.50. The molecule has 7 nitrogen and oxygen atoms in total. The summed E-state index contributed by atoms with van der Waals surface area (Å²) in [7, 11) is -3.76. The first-order valence-corrected chi connectivity index (χ1v) is 9.91. The average molecular weight is 379 g/mol. The molecule has 4 N–H and O–H groups in total. The molecule has 0 aromatic heterocycles. The predicted octanol–water partition coefficient (Wildman–Crippen LogP) is 1.31. The number of rotatable bonds is 5. The van der Waals surface area contributed by atoms with E-state index in [9.17, 15) is 18.0 Å². The van der Waals surface area contributed by atoms with Crippen LogP contribution in [-0.2, 0) is 26.2 Å². The van der Waals surface area contributed by atoms with Crippen molar-refractivity contribution in [1.29, 1.82) is 0 Å². The van der Waals surface area contributed by atoms with E-state index in [1.54, 1.807) is 18.2 Å². The van der Waals surface area contributed by atoms with Gasteiger partial charge in [0.25, 0.3) is 0 Å². The summed E-state index contributed by atoms with van der Waals surface area (Å²) < 4.78 is 22.3. The zero-order valence-corrected chi connectivity index (χ0v) is 15.0. The lowest BCUT2D eigenvalue weighted by atomic mass is 10.2. The maximum absolute atomic E-state index is 11.9. The van der Waals surface area contributed by atoms with E-state index in [0.29, 0.717) is 11.3 Å². The summed E-state index contributed by atoms with van der Waals surface area (Å²) in [5, 5.41) is 10.0. The molecule has 0 bridgehead atoms. The molecule has 0 radical (unpaired) electrons. The number of primary sulfonamides is 1. The highest BCUT2D eigenvalue weighted by Crippen LogP contribution is 2.18. The van der Waals surface area contributed by atoms with E-state index >= 15 is 0 Å². The van der Waals surface area contributed by atoms with Gasteiger partial charge < -0.3 is 10.6 Å². The van der Waals surface area contributed by atoms with Gasteiger partial charge in [0.05, 0.1) is 4.90 Å². The van der Waals surface area contributed by atoms with Crippen LogP contribution in [0.2, 0.25) is 0 Å². The summed E-state index contributed by atoms with van der Waals surface area (Å²) in [5.74, 6) is -1.57. The number of hydrogen-bond donors (Lipinski definition) is 3. The van der Waals surface area contributed by atoms with E-state index in [1.165, 1.54) is 36.0 Å². The van der Waals surface area contributed by atoms with Crippen LogP contribution in [0.1, 0.15) is 5.56 Å². The molecule has 132 valence electrons. The Bertz CT molecular complexity index is 881. The molecule has 0 saturated carbocycles. The molecule has 0 aliphatic carbocycles. The second-order valence-electron chi connectivity index (χ2n) is 5.06. The molecule has 0 aliphatic rings. The monoisotopic (exact) mass is 379 g/mol. The molecular weight excluding hydrogens is 362 g/mol. The Balaban J connectivity index is 1.92. The van der Waals surface area contributed by atoms with Crippen molar-refractivity contribution in [3.8, 4) is 0 Å². The lowest BCUT2D eigenvalue weighted by molar-refractivity contribution is -0.136. The van der Waals surface area contributed by atoms with E-state index in [2.05, 4.69) is 10.6 Å². The topological polar surface area (TPSA) is 118 Å². The van der Waals surface area contributed by atoms with E-state index in [-0.39, 0.29) is 11.4 Å². The molecule has 2 rings (SSSR count). The summed E-state index contributed by atoms with van der Waals surface area (Å²) in [4.78, 5) is 24.7. The molecule has 0 spiro atoms. The third kappa shape index (κ3) is 5.59. The highest BCUT2D eigenvalue weighted by atomic mass is 32.2. The Labute approximate surface area is 150 Å². The van der Waals surface area contributed by atoms with Crippen LogP contribution < -0.4 is 15.8 Å². The first-order chi connectivity index (χ1) is 11.8. The first kappa shape index (κ1) is 19.0. The molecule has 0 unspecified atom stereocenters. The normalized spacial score (nSPS) is 11.0. The fourth-order valence-electron chi connectivity index (χ4n) is 1.95. The number of hydrogen-bond acceptors (Lipinski definition) is 5. The van der Waals surface area contributed by atoms with Crippen LogP contribution in [0.3, 0.4) is 0 Å². The third-order valence-corrected chi connectivity index (χ3v) is 4.89. The van der Waals surface area contributed by atoms with E-state index < -0.39 is 21.8 Å². The van der Waals surface area contributed by atoms with Gasteiger partial charge >= 0.3 is 11.8 Å². The number of carbonyl (C=O) groups is 2. The van der Waals surface area contributed by atoms with E-state index in [1.807, 2.05) is 12.3 Å². The van der Waals surface area contributed by atoms with Gasteiger partial charge in [0.15, 0.2) is 0 Å². The van der Waals surface area contributed by atoms with Crippen molar-refractivity contribution in [3.05, 3.63) is 54.1 Å². The van der Waals surface area contributed by atoms with Crippen molar-refractivity contribution in [3.63, 3.8) is 0 Å². The van der Waals surface area contributed by atoms with Crippen LogP contribution in [0.15, 0.2) is 58.3 Å². The van der Waals surface area contributed by atoms with Crippen molar-refractivity contribution in [2.45, 2.75) is 16.3 Å². The van der Waals surface area contributed by atoms with Gasteiger partial charge in [-0.2, -0.15) is 0 Å². The predicted molar refractivity (Wildman–Crippen MR) is 96.5 cm³/mol. The Morgan fingerprint density at radius 3 is 2.36 bits per heavy atom. The molecule has 2 amide bonds. The smallest absolute Gasteiger partial charge is 0.313 e. The van der Waals surface area contributed by atoms with E-state index in [4.69, 9.17) is 5.14 Å². The third-order valence-electron chi connectivity index (χ3n) is 3.24. The minimum Gasteiger partial charge on any atom is -0.344 e. The number of thioether (sulfide) groups is 1. The number of anilines is 1. The summed E-state index contributed by atoms with van der Waals surface area (Å²) in [6, 6.07) is 12.8. The van der Waals surface area contributed by atoms with Gasteiger partial charge in [-0.3, -0.25) is 9.59 Å². The first-order valence-electron chi connectivity index (χ1n) is 7.14. The number of nitrogens with one attached hydrogen (secondary N) is 2. The van der Waals surface area contributed by atoms with Crippen LogP contribution >= 0.6 is 11.8 Å². The van der Waals surface area contributed by atoms with Gasteiger partial charge in [-0.1, -0.05) is 18.2 Å². The quantitative estimate of drug-likeness (QED) is 0.535. The van der Waals surface area contributed by atoms with Crippen LogP contribution in [-0.4, -0.2) is 26.5 Å². The lowest BCUT2D eigenvalue weighted by Crippen LogP contribution is -2.34. The molecule has 25 heavy (non-hydrogen) atoms. The van der Waals surface area contributed by atoms with Gasteiger partial charge in [-0.05, 0) is 42.2 Å². The number of sulfonamides is 1. The number of carbonyl (C=O) groups excluding carboxylic acids is 2. The van der Waals surface area contributed by atoms with Gasteiger partial charge in [-0.25, -0.2) is 13.6 Å². The average Bonchev–Trinajstić information content (AvgIpc) is 2.59. The molecule has 0 saturated heterocycles. The minimum atomic E-state index is -3.76. The maximum Gasteiger partial charge on any atom is 0.313 e. The van der Waals surface area contributed by atoms with E-state index in [0.717, 1.165) is 4.90 Å². The zero-order valence-electron chi connectivity index (χ0n) is 13.4. The zero-order chi connectivity index (χ0) is 18.4. The molecule has 0 heterocycles. The van der Waals surface area contributed by atoms with Crippen LogP contribution in [0.4, 0.5) is 5.69 Å². The second kappa shape index (κ2) is 8.15. The molecular formula is C16H17N3O4S2. The van der Waals surface area contributed by atoms with Crippen LogP contribution in [0.5, 0.6) is 0 Å². The molecule has 0 fully saturated rings. The molecule has 0 atom stereocenters. The fourth-order valence-corrected chi connectivity index (χ4v) is 2.92. The number of benzene rings is 2. The van der Waals surface area contributed by atoms with Gasteiger partial charge in [0.2, 0.25) is 10.0 Å². The van der Waals surface area contributed by atoms with Crippen molar-refractivity contribution in [1.82, 2.24) is 5.32 Å². The van der Waals surface area contributed by atoms with Crippen LogP contribution in [0, 0.1) is 0 Å². The summed E-state index contributed by atoms with van der Waals surface area (Å²) >= 11 is 1.53. The Morgan fingerprint density at radius 2 is 1.76 bits per heavy atom. The number of nitrogens with two attached hydrogens (primary N) is 1. The van der Waals surface area contributed by atoms with Gasteiger partial charge in [0.1, 0.15) is 0 Å². The minimum absolute atomic E-state index is 0.0194. The lowest BCUT2D eigenvalue weighted by Gasteiger charge is -2.08. The molecule has 2 aromatic carbocycles.